The van der Waals surface area contributed by atoms with Gasteiger partial charge in [0.2, 0.25) is 0 Å². The first-order valence-corrected chi connectivity index (χ1v) is 6.06. The van der Waals surface area contributed by atoms with Crippen molar-refractivity contribution in [2.24, 2.45) is 0 Å². The Bertz CT molecular complexity index is 467. The number of aromatic carboxylic acids is 1. The van der Waals surface area contributed by atoms with Gasteiger partial charge in [0.15, 0.2) is 0 Å². The van der Waals surface area contributed by atoms with E-state index in [0.29, 0.717) is 0 Å². The van der Waals surface area contributed by atoms with Gasteiger partial charge in [0.1, 0.15) is 5.69 Å². The Morgan fingerprint density at radius 3 is 2.67 bits per heavy atom. The van der Waals surface area contributed by atoms with Crippen LogP contribution in [0.2, 0.25) is 0 Å². The summed E-state index contributed by atoms with van der Waals surface area (Å²) in [6.07, 6.45) is 5.66. The van der Waals surface area contributed by atoms with Gasteiger partial charge in [-0.05, 0) is 25.0 Å². The van der Waals surface area contributed by atoms with E-state index in [1.807, 2.05) is 0 Å². The number of hydrogen-bond acceptors (Lipinski definition) is 3. The van der Waals surface area contributed by atoms with E-state index in [-0.39, 0.29) is 23.2 Å². The van der Waals surface area contributed by atoms with Crippen LogP contribution in [0, 0.1) is 0 Å². The highest BCUT2D eigenvalue weighted by Crippen LogP contribution is 2.23. The van der Waals surface area contributed by atoms with Crippen LogP contribution in [-0.2, 0) is 0 Å². The Labute approximate surface area is 105 Å². The summed E-state index contributed by atoms with van der Waals surface area (Å²) in [6, 6.07) is 3.14. The first-order valence-electron chi connectivity index (χ1n) is 6.06. The fourth-order valence-electron chi connectivity index (χ4n) is 2.37. The molecular weight excluding hydrogens is 232 g/mol. The molecule has 0 spiro atoms. The summed E-state index contributed by atoms with van der Waals surface area (Å²) in [5.74, 6) is -1.42. The molecule has 1 aromatic heterocycles. The standard InChI is InChI=1S/C13H16N2O3/c1-15(9-5-2-3-6-9)12(16)11-10(13(17)18)7-4-8-14-11/h4,7-9H,2-3,5-6H2,1H3,(H,17,18). The largest absolute Gasteiger partial charge is 0.478 e. The zero-order valence-corrected chi connectivity index (χ0v) is 10.3. The fourth-order valence-corrected chi connectivity index (χ4v) is 2.37. The van der Waals surface area contributed by atoms with Gasteiger partial charge in [0, 0.05) is 19.3 Å². The Morgan fingerprint density at radius 1 is 1.39 bits per heavy atom. The van der Waals surface area contributed by atoms with Crippen LogP contribution < -0.4 is 0 Å². The smallest absolute Gasteiger partial charge is 0.338 e. The van der Waals surface area contributed by atoms with E-state index in [1.165, 1.54) is 18.3 Å². The van der Waals surface area contributed by atoms with Crippen LogP contribution in [0.1, 0.15) is 46.5 Å². The van der Waals surface area contributed by atoms with Crippen molar-refractivity contribution >= 4 is 11.9 Å². The molecule has 1 aliphatic rings. The quantitative estimate of drug-likeness (QED) is 0.885. The van der Waals surface area contributed by atoms with E-state index >= 15 is 0 Å². The van der Waals surface area contributed by atoms with Crippen LogP contribution >= 0.6 is 0 Å². The number of carboxylic acids is 1. The molecule has 0 aromatic carbocycles. The first kappa shape index (κ1) is 12.5. The highest BCUT2D eigenvalue weighted by molar-refractivity contribution is 6.03. The van der Waals surface area contributed by atoms with Crippen molar-refractivity contribution in [2.45, 2.75) is 31.7 Å². The number of amides is 1. The molecule has 5 heteroatoms. The fraction of sp³-hybridized carbons (Fsp3) is 0.462. The van der Waals surface area contributed by atoms with Crippen molar-refractivity contribution in [1.82, 2.24) is 9.88 Å². The summed E-state index contributed by atoms with van der Waals surface area (Å²) < 4.78 is 0. The van der Waals surface area contributed by atoms with Gasteiger partial charge in [-0.15, -0.1) is 0 Å². The Balaban J connectivity index is 2.25. The third-order valence-corrected chi connectivity index (χ3v) is 3.43. The number of aromatic nitrogens is 1. The van der Waals surface area contributed by atoms with Crippen molar-refractivity contribution in [3.05, 3.63) is 29.6 Å². The second-order valence-corrected chi connectivity index (χ2v) is 4.56. The first-order chi connectivity index (χ1) is 8.61. The van der Waals surface area contributed by atoms with Gasteiger partial charge in [0.25, 0.3) is 5.91 Å². The van der Waals surface area contributed by atoms with Gasteiger partial charge in [-0.1, -0.05) is 12.8 Å². The van der Waals surface area contributed by atoms with Crippen LogP contribution in [0.5, 0.6) is 0 Å². The molecule has 1 N–H and O–H groups in total. The molecule has 1 aromatic rings. The number of pyridine rings is 1. The van der Waals surface area contributed by atoms with Crippen LogP contribution in [-0.4, -0.2) is 40.0 Å². The molecule has 1 fully saturated rings. The van der Waals surface area contributed by atoms with Gasteiger partial charge in [-0.25, -0.2) is 4.79 Å². The third kappa shape index (κ3) is 2.34. The Kier molecular flexibility index (Phi) is 3.60. The summed E-state index contributed by atoms with van der Waals surface area (Å²) in [5, 5.41) is 9.05. The molecule has 96 valence electrons. The minimum atomic E-state index is -1.12. The normalized spacial score (nSPS) is 15.6. The summed E-state index contributed by atoms with van der Waals surface area (Å²) in [7, 11) is 1.72. The molecule has 0 unspecified atom stereocenters. The summed E-state index contributed by atoms with van der Waals surface area (Å²) in [5.41, 5.74) is -0.00764. The van der Waals surface area contributed by atoms with Crippen molar-refractivity contribution in [2.75, 3.05) is 7.05 Å². The lowest BCUT2D eigenvalue weighted by Crippen LogP contribution is -2.36. The Morgan fingerprint density at radius 2 is 2.06 bits per heavy atom. The highest BCUT2D eigenvalue weighted by Gasteiger charge is 2.27. The maximum absolute atomic E-state index is 12.3. The average Bonchev–Trinajstić information content (AvgIpc) is 2.90. The molecule has 18 heavy (non-hydrogen) atoms. The SMILES string of the molecule is CN(C(=O)c1ncccc1C(=O)O)C1CCCC1. The van der Waals surface area contributed by atoms with E-state index < -0.39 is 5.97 Å². The molecule has 1 saturated carbocycles. The van der Waals surface area contributed by atoms with E-state index in [1.54, 1.807) is 11.9 Å². The van der Waals surface area contributed by atoms with E-state index in [0.717, 1.165) is 25.7 Å². The van der Waals surface area contributed by atoms with Gasteiger partial charge in [-0.3, -0.25) is 9.78 Å². The van der Waals surface area contributed by atoms with Crippen LogP contribution in [0.4, 0.5) is 0 Å². The van der Waals surface area contributed by atoms with Crippen molar-refractivity contribution in [3.8, 4) is 0 Å². The molecule has 5 nitrogen and oxygen atoms in total. The molecular formula is C13H16N2O3. The van der Waals surface area contributed by atoms with Gasteiger partial charge in [-0.2, -0.15) is 0 Å². The summed E-state index contributed by atoms with van der Waals surface area (Å²) in [4.78, 5) is 28.9. The monoisotopic (exact) mass is 248 g/mol. The molecule has 0 radical (unpaired) electrons. The van der Waals surface area contributed by atoms with E-state index in [4.69, 9.17) is 5.11 Å². The van der Waals surface area contributed by atoms with Crippen molar-refractivity contribution < 1.29 is 14.7 Å². The molecule has 0 bridgehead atoms. The third-order valence-electron chi connectivity index (χ3n) is 3.43. The van der Waals surface area contributed by atoms with Gasteiger partial charge in [0.05, 0.1) is 5.56 Å². The minimum absolute atomic E-state index is 0.0272. The maximum Gasteiger partial charge on any atom is 0.338 e. The number of rotatable bonds is 3. The lowest BCUT2D eigenvalue weighted by atomic mass is 10.1. The molecule has 1 heterocycles. The predicted octanol–water partition coefficient (Wildman–Crippen LogP) is 1.79. The second kappa shape index (κ2) is 5.16. The minimum Gasteiger partial charge on any atom is -0.478 e. The van der Waals surface area contributed by atoms with Crippen molar-refractivity contribution in [1.29, 1.82) is 0 Å². The maximum atomic E-state index is 12.3. The second-order valence-electron chi connectivity index (χ2n) is 4.56. The number of carbonyl (C=O) groups excluding carboxylic acids is 1. The molecule has 0 atom stereocenters. The number of carboxylic acid groups (broad SMARTS) is 1. The van der Waals surface area contributed by atoms with Crippen LogP contribution in [0.3, 0.4) is 0 Å². The van der Waals surface area contributed by atoms with Gasteiger partial charge >= 0.3 is 5.97 Å². The molecule has 0 saturated heterocycles. The van der Waals surface area contributed by atoms with Crippen LogP contribution in [0.15, 0.2) is 18.3 Å². The lowest BCUT2D eigenvalue weighted by molar-refractivity contribution is 0.0666. The predicted molar refractivity (Wildman–Crippen MR) is 65.5 cm³/mol. The molecule has 0 aliphatic heterocycles. The number of carbonyl (C=O) groups is 2. The topological polar surface area (TPSA) is 70.5 Å². The summed E-state index contributed by atoms with van der Waals surface area (Å²) >= 11 is 0. The lowest BCUT2D eigenvalue weighted by Gasteiger charge is -2.24. The Hall–Kier alpha value is -1.91. The zero-order chi connectivity index (χ0) is 13.1. The number of nitrogens with zero attached hydrogens (tertiary/aromatic N) is 2. The van der Waals surface area contributed by atoms with E-state index in [2.05, 4.69) is 4.98 Å². The summed E-state index contributed by atoms with van der Waals surface area (Å²) in [6.45, 7) is 0. The van der Waals surface area contributed by atoms with E-state index in [9.17, 15) is 9.59 Å². The van der Waals surface area contributed by atoms with Crippen LogP contribution in [0.25, 0.3) is 0 Å². The average molecular weight is 248 g/mol. The molecule has 1 amide bonds. The highest BCUT2D eigenvalue weighted by atomic mass is 16.4. The number of hydrogen-bond donors (Lipinski definition) is 1. The zero-order valence-electron chi connectivity index (χ0n) is 10.3. The van der Waals surface area contributed by atoms with Gasteiger partial charge < -0.3 is 10.0 Å². The molecule has 1 aliphatic carbocycles. The molecule has 2 rings (SSSR count). The van der Waals surface area contributed by atoms with Crippen molar-refractivity contribution in [3.63, 3.8) is 0 Å².